The Morgan fingerprint density at radius 1 is 0.811 bits per heavy atom. The van der Waals surface area contributed by atoms with Crippen LogP contribution in [-0.4, -0.2) is 54.0 Å². The van der Waals surface area contributed by atoms with Crippen molar-refractivity contribution in [2.45, 2.75) is 165 Å². The quantitative estimate of drug-likeness (QED) is 0.129. The maximum atomic E-state index is 13.1. The molecule has 0 radical (unpaired) electrons. The average molecular weight is 742 g/mol. The van der Waals surface area contributed by atoms with Crippen LogP contribution in [0, 0.1) is 62.1 Å². The summed E-state index contributed by atoms with van der Waals surface area (Å²) in [6.07, 6.45) is 10.9. The Morgan fingerprint density at radius 2 is 1.49 bits per heavy atom. The van der Waals surface area contributed by atoms with E-state index in [1.54, 1.807) is 34.6 Å². The summed E-state index contributed by atoms with van der Waals surface area (Å²) in [5, 5.41) is 12.1. The predicted molar refractivity (Wildman–Crippen MR) is 205 cm³/mol. The number of aliphatic carboxylic acids is 1. The highest BCUT2D eigenvalue weighted by atomic mass is 16.6. The van der Waals surface area contributed by atoms with E-state index in [4.69, 9.17) is 14.2 Å². The Hall–Kier alpha value is -2.58. The number of carboxylic acids is 1. The number of esters is 2. The molecule has 0 aromatic rings. The molecule has 300 valence electrons. The highest BCUT2D eigenvalue weighted by Gasteiger charge is 2.71. The number of nitrogens with one attached hydrogen (secondary N) is 1. The number of allylic oxidation sites excluding steroid dienone is 1. The van der Waals surface area contributed by atoms with Crippen molar-refractivity contribution in [2.24, 2.45) is 62.1 Å². The molecule has 0 spiro atoms. The van der Waals surface area contributed by atoms with Crippen LogP contribution in [0.3, 0.4) is 0 Å². The molecule has 0 saturated heterocycles. The third-order valence-electron chi connectivity index (χ3n) is 16.3. The third kappa shape index (κ3) is 7.42. The van der Waals surface area contributed by atoms with Crippen LogP contribution in [0.5, 0.6) is 0 Å². The molecule has 9 nitrogen and oxygen atoms in total. The maximum absolute atomic E-state index is 13.1. The van der Waals surface area contributed by atoms with E-state index in [2.05, 4.69) is 53.4 Å². The third-order valence-corrected chi connectivity index (χ3v) is 16.3. The van der Waals surface area contributed by atoms with E-state index in [-0.39, 0.29) is 46.1 Å². The minimum absolute atomic E-state index is 0.107. The van der Waals surface area contributed by atoms with Gasteiger partial charge < -0.3 is 24.6 Å². The molecule has 5 fully saturated rings. The first-order valence-electron chi connectivity index (χ1n) is 20.5. The van der Waals surface area contributed by atoms with E-state index < -0.39 is 35.0 Å². The molecule has 0 aromatic heterocycles. The molecule has 5 aliphatic carbocycles. The van der Waals surface area contributed by atoms with E-state index in [0.717, 1.165) is 51.4 Å². The monoisotopic (exact) mass is 742 g/mol. The number of carbonyl (C=O) groups excluding carboxylic acids is 3. The van der Waals surface area contributed by atoms with Gasteiger partial charge in [0.05, 0.1) is 18.4 Å². The zero-order chi connectivity index (χ0) is 39.6. The molecule has 2 N–H and O–H groups in total. The molecule has 0 unspecified atom stereocenters. The Labute approximate surface area is 319 Å². The second-order valence-electron chi connectivity index (χ2n) is 21.1. The van der Waals surface area contributed by atoms with Crippen LogP contribution in [0.2, 0.25) is 0 Å². The number of carboxylic acid groups (broad SMARTS) is 1. The van der Waals surface area contributed by atoms with E-state index >= 15 is 0 Å². The van der Waals surface area contributed by atoms with Crippen molar-refractivity contribution in [3.63, 3.8) is 0 Å². The van der Waals surface area contributed by atoms with Crippen molar-refractivity contribution in [3.05, 3.63) is 12.2 Å². The van der Waals surface area contributed by atoms with Gasteiger partial charge in [-0.1, -0.05) is 46.8 Å². The maximum Gasteiger partial charge on any atom is 0.408 e. The molecular weight excluding hydrogens is 670 g/mol. The molecule has 5 saturated carbocycles. The molecule has 1 amide bonds. The van der Waals surface area contributed by atoms with Gasteiger partial charge in [0.1, 0.15) is 18.2 Å². The number of hydrogen-bond donors (Lipinski definition) is 2. The van der Waals surface area contributed by atoms with Crippen LogP contribution in [0.1, 0.15) is 153 Å². The number of fused-ring (bicyclic) bond motifs is 7. The SMILES string of the molecule is C=C(C)[C@@H]1CC[C@]2(CCOC(=O)CNC(=O)OC(C)(C)C)CC[C@]3(C)[C@H](CC[C@@H]4[C@@]5(C)CC[C@H](OC(=O)CC(C)(C)C(=O)O)C(C)(C)[C@@H]5CC[C@]43C)[C@@H]12. The van der Waals surface area contributed by atoms with Gasteiger partial charge in [0.15, 0.2) is 0 Å². The molecule has 0 aromatic carbocycles. The number of ether oxygens (including phenoxy) is 3. The highest BCUT2D eigenvalue weighted by molar-refractivity contribution is 5.81. The summed E-state index contributed by atoms with van der Waals surface area (Å²) in [5.41, 5.74) is -0.166. The fraction of sp³-hybridized carbons (Fsp3) is 0.864. The van der Waals surface area contributed by atoms with Crippen LogP contribution in [0.25, 0.3) is 0 Å². The summed E-state index contributed by atoms with van der Waals surface area (Å²) in [5.74, 6) is 0.670. The second-order valence-corrected chi connectivity index (χ2v) is 21.1. The summed E-state index contributed by atoms with van der Waals surface area (Å²) in [4.78, 5) is 49.6. The van der Waals surface area contributed by atoms with E-state index in [9.17, 15) is 24.3 Å². The first kappa shape index (κ1) is 41.6. The molecule has 0 aliphatic heterocycles. The van der Waals surface area contributed by atoms with Gasteiger partial charge in [-0.25, -0.2) is 4.79 Å². The summed E-state index contributed by atoms with van der Waals surface area (Å²) in [6, 6.07) is 0. The van der Waals surface area contributed by atoms with Gasteiger partial charge in [0.2, 0.25) is 0 Å². The fourth-order valence-electron chi connectivity index (χ4n) is 13.4. The topological polar surface area (TPSA) is 128 Å². The zero-order valence-corrected chi connectivity index (χ0v) is 34.9. The second kappa shape index (κ2) is 14.2. The number of rotatable bonds is 10. The summed E-state index contributed by atoms with van der Waals surface area (Å²) >= 11 is 0. The van der Waals surface area contributed by atoms with Crippen molar-refractivity contribution >= 4 is 24.0 Å². The van der Waals surface area contributed by atoms with Gasteiger partial charge in [0, 0.05) is 5.41 Å². The summed E-state index contributed by atoms with van der Waals surface area (Å²) < 4.78 is 17.2. The van der Waals surface area contributed by atoms with Crippen LogP contribution < -0.4 is 5.32 Å². The van der Waals surface area contributed by atoms with E-state index in [1.165, 1.54) is 24.8 Å². The highest BCUT2D eigenvalue weighted by Crippen LogP contribution is 2.78. The first-order chi connectivity index (χ1) is 24.3. The van der Waals surface area contributed by atoms with Gasteiger partial charge in [-0.2, -0.15) is 0 Å². The Bertz CT molecular complexity index is 1460. The summed E-state index contributed by atoms with van der Waals surface area (Å²) in [7, 11) is 0. The minimum Gasteiger partial charge on any atom is -0.481 e. The van der Waals surface area contributed by atoms with Gasteiger partial charge in [0.25, 0.3) is 0 Å². The molecule has 5 rings (SSSR count). The van der Waals surface area contributed by atoms with Crippen LogP contribution in [-0.2, 0) is 28.6 Å². The first-order valence-corrected chi connectivity index (χ1v) is 20.5. The molecule has 0 heterocycles. The van der Waals surface area contributed by atoms with Crippen LogP contribution in [0.4, 0.5) is 4.79 Å². The lowest BCUT2D eigenvalue weighted by molar-refractivity contribution is -0.251. The lowest BCUT2D eigenvalue weighted by Gasteiger charge is -2.73. The van der Waals surface area contributed by atoms with Gasteiger partial charge >= 0.3 is 24.0 Å². The lowest BCUT2D eigenvalue weighted by Crippen LogP contribution is -2.66. The smallest absolute Gasteiger partial charge is 0.408 e. The summed E-state index contributed by atoms with van der Waals surface area (Å²) in [6.45, 7) is 27.8. The predicted octanol–water partition coefficient (Wildman–Crippen LogP) is 9.51. The standard InChI is InChI=1S/C44H71NO8/c1-27(2)28-15-20-44(23-24-51-34(47)26-45-37(50)53-38(3,4)5)22-21-42(11)29(35(28)44)13-14-31-41(10)18-17-32(52-33(46)25-39(6,7)36(48)49)40(8,9)30(41)16-19-43(31,42)12/h28-32,35H,1,13-26H2,2-12H3,(H,45,50)(H,48,49)/t28-,29+,30-,31+,32-,35+,41-,42+,43+,44+/m0/s1. The molecule has 0 bridgehead atoms. The van der Waals surface area contributed by atoms with E-state index in [0.29, 0.717) is 36.2 Å². The Balaban J connectivity index is 1.31. The van der Waals surface area contributed by atoms with Crippen molar-refractivity contribution in [1.82, 2.24) is 5.32 Å². The number of carbonyl (C=O) groups is 4. The van der Waals surface area contributed by atoms with E-state index in [1.807, 2.05) is 0 Å². The van der Waals surface area contributed by atoms with Crippen LogP contribution >= 0.6 is 0 Å². The fourth-order valence-corrected chi connectivity index (χ4v) is 13.4. The van der Waals surface area contributed by atoms with Crippen molar-refractivity contribution in [2.75, 3.05) is 13.2 Å². The van der Waals surface area contributed by atoms with Crippen LogP contribution in [0.15, 0.2) is 12.2 Å². The lowest BCUT2D eigenvalue weighted by atomic mass is 9.32. The molecule has 5 aliphatic rings. The molecular formula is C44H71NO8. The number of alkyl carbamates (subject to hydrolysis) is 1. The van der Waals surface area contributed by atoms with Gasteiger partial charge in [-0.15, -0.1) is 0 Å². The molecule has 9 heteroatoms. The van der Waals surface area contributed by atoms with Gasteiger partial charge in [-0.3, -0.25) is 14.4 Å². The number of hydrogen-bond acceptors (Lipinski definition) is 7. The van der Waals surface area contributed by atoms with Crippen molar-refractivity contribution in [1.29, 1.82) is 0 Å². The zero-order valence-electron chi connectivity index (χ0n) is 34.9. The molecule has 10 atom stereocenters. The average Bonchev–Trinajstić information content (AvgIpc) is 3.41. The van der Waals surface area contributed by atoms with Gasteiger partial charge in [-0.05, 0) is 163 Å². The minimum atomic E-state index is -1.16. The van der Waals surface area contributed by atoms with Crippen molar-refractivity contribution in [3.8, 4) is 0 Å². The Morgan fingerprint density at radius 3 is 2.11 bits per heavy atom. The largest absolute Gasteiger partial charge is 0.481 e. The van der Waals surface area contributed by atoms with Crippen molar-refractivity contribution < 1.29 is 38.5 Å². The Kier molecular flexibility index (Phi) is 11.1. The molecule has 53 heavy (non-hydrogen) atoms. The normalized spacial score (nSPS) is 38.9. The number of amides is 1.